The van der Waals surface area contributed by atoms with Crippen molar-refractivity contribution >= 4 is 45.6 Å². The monoisotopic (exact) mass is 400 g/mol. The molecule has 151 valence electrons. The maximum atomic E-state index is 11.5. The van der Waals surface area contributed by atoms with E-state index in [-0.39, 0.29) is 48.3 Å². The van der Waals surface area contributed by atoms with E-state index in [4.69, 9.17) is 0 Å². The average molecular weight is 401 g/mol. The molecule has 0 aromatic carbocycles. The first kappa shape index (κ1) is 28.6. The van der Waals surface area contributed by atoms with E-state index in [0.717, 1.165) is 12.8 Å². The van der Waals surface area contributed by atoms with E-state index in [1.54, 1.807) is 7.05 Å². The summed E-state index contributed by atoms with van der Waals surface area (Å²) in [6.07, 6.45) is 16.2. The predicted octanol–water partition coefficient (Wildman–Crippen LogP) is 4.18. The molecule has 0 aliphatic carbocycles. The van der Waals surface area contributed by atoms with Gasteiger partial charge in [0, 0.05) is 42.5 Å². The van der Waals surface area contributed by atoms with Crippen molar-refractivity contribution in [3.05, 3.63) is 0 Å². The second kappa shape index (κ2) is 20.1. The number of hydrogen-bond acceptors (Lipinski definition) is 5. The molecule has 7 heteroatoms. The Balaban J connectivity index is 0. The zero-order chi connectivity index (χ0) is 18.8. The standard InChI is InChI=1S/C19H39NO4S.Na/c1-3-4-5-6-7-8-9-10-11-12-13-14-15-16-19(21)24-25(22,23)18-17-20-2;/h20H,3-18H2,1-2H3;. The molecule has 26 heavy (non-hydrogen) atoms. The zero-order valence-corrected chi connectivity index (χ0v) is 20.2. The number of rotatable bonds is 18. The fourth-order valence-corrected chi connectivity index (χ4v) is 3.64. The maximum absolute atomic E-state index is 11.5. The van der Waals surface area contributed by atoms with Gasteiger partial charge in [-0.25, -0.2) is 0 Å². The van der Waals surface area contributed by atoms with Gasteiger partial charge in [0.25, 0.3) is 0 Å². The first-order chi connectivity index (χ1) is 12.0. The van der Waals surface area contributed by atoms with Gasteiger partial charge in [-0.1, -0.05) is 84.0 Å². The summed E-state index contributed by atoms with van der Waals surface area (Å²) in [7, 11) is -2.07. The third kappa shape index (κ3) is 20.7. The summed E-state index contributed by atoms with van der Waals surface area (Å²) in [4.78, 5) is 11.5. The fourth-order valence-electron chi connectivity index (χ4n) is 2.74. The molecule has 1 N–H and O–H groups in total. The van der Waals surface area contributed by atoms with Crippen molar-refractivity contribution in [2.45, 2.75) is 96.8 Å². The number of carbonyl (C=O) groups excluding carboxylic acids is 1. The molecule has 0 heterocycles. The Kier molecular flexibility index (Phi) is 22.1. The van der Waals surface area contributed by atoms with E-state index in [0.29, 0.717) is 6.42 Å². The molecule has 0 unspecified atom stereocenters. The molecule has 0 aliphatic heterocycles. The number of unbranched alkanes of at least 4 members (excludes halogenated alkanes) is 12. The molecule has 1 radical (unpaired) electrons. The van der Waals surface area contributed by atoms with Crippen LogP contribution in [0, 0.1) is 0 Å². The Morgan fingerprint density at radius 1 is 0.808 bits per heavy atom. The molecule has 0 aromatic heterocycles. The summed E-state index contributed by atoms with van der Waals surface area (Å²) >= 11 is 0. The van der Waals surface area contributed by atoms with E-state index >= 15 is 0 Å². The third-order valence-corrected chi connectivity index (χ3v) is 5.45. The van der Waals surface area contributed by atoms with Crippen molar-refractivity contribution in [3.8, 4) is 0 Å². The van der Waals surface area contributed by atoms with E-state index in [1.807, 2.05) is 0 Å². The normalized spacial score (nSPS) is 11.2. The van der Waals surface area contributed by atoms with Gasteiger partial charge in [0.15, 0.2) is 0 Å². The first-order valence-electron chi connectivity index (χ1n) is 10.1. The predicted molar refractivity (Wildman–Crippen MR) is 110 cm³/mol. The van der Waals surface area contributed by atoms with Crippen molar-refractivity contribution in [3.63, 3.8) is 0 Å². The summed E-state index contributed by atoms with van der Waals surface area (Å²) in [5, 5.41) is 2.72. The summed E-state index contributed by atoms with van der Waals surface area (Å²) in [6, 6.07) is 0. The van der Waals surface area contributed by atoms with E-state index < -0.39 is 16.1 Å². The zero-order valence-electron chi connectivity index (χ0n) is 17.4. The number of carbonyl (C=O) groups is 1. The minimum absolute atomic E-state index is 0. The van der Waals surface area contributed by atoms with E-state index in [1.165, 1.54) is 64.2 Å². The third-order valence-electron chi connectivity index (χ3n) is 4.31. The molecular weight excluding hydrogens is 361 g/mol. The Labute approximate surface area is 183 Å². The van der Waals surface area contributed by atoms with Crippen LogP contribution in [0.5, 0.6) is 0 Å². The van der Waals surface area contributed by atoms with Crippen LogP contribution in [0.4, 0.5) is 0 Å². The second-order valence-electron chi connectivity index (χ2n) is 6.81. The van der Waals surface area contributed by atoms with Gasteiger partial charge >= 0.3 is 16.1 Å². The fraction of sp³-hybridized carbons (Fsp3) is 0.947. The molecule has 0 rings (SSSR count). The van der Waals surface area contributed by atoms with Gasteiger partial charge in [-0.2, -0.15) is 8.42 Å². The first-order valence-corrected chi connectivity index (χ1v) is 11.7. The SMILES string of the molecule is CCCCCCCCCCCCCCCC(=O)OS(=O)(=O)CCNC.[Na]. The molecule has 0 amide bonds. The van der Waals surface area contributed by atoms with Crippen LogP contribution in [0.2, 0.25) is 0 Å². The Bertz CT molecular complexity index is 416. The van der Waals surface area contributed by atoms with Crippen LogP contribution < -0.4 is 5.32 Å². The second-order valence-corrected chi connectivity index (χ2v) is 8.50. The van der Waals surface area contributed by atoms with Crippen molar-refractivity contribution in [1.29, 1.82) is 0 Å². The quantitative estimate of drug-likeness (QED) is 0.212. The molecule has 0 saturated heterocycles. The van der Waals surface area contributed by atoms with Crippen LogP contribution >= 0.6 is 0 Å². The molecule has 0 saturated carbocycles. The maximum Gasteiger partial charge on any atom is 0.322 e. The summed E-state index contributed by atoms with van der Waals surface area (Å²) in [5.74, 6) is -0.799. The van der Waals surface area contributed by atoms with Crippen LogP contribution in [0.3, 0.4) is 0 Å². The summed E-state index contributed by atoms with van der Waals surface area (Å²) in [5.41, 5.74) is 0. The van der Waals surface area contributed by atoms with Crippen LogP contribution in [-0.2, 0) is 19.1 Å². The summed E-state index contributed by atoms with van der Waals surface area (Å²) < 4.78 is 27.4. The van der Waals surface area contributed by atoms with E-state index in [2.05, 4.69) is 16.4 Å². The molecule has 5 nitrogen and oxygen atoms in total. The average Bonchev–Trinajstić information content (AvgIpc) is 2.57. The van der Waals surface area contributed by atoms with Crippen molar-refractivity contribution in [1.82, 2.24) is 5.32 Å². The molecular formula is C19H39NNaO4S. The minimum Gasteiger partial charge on any atom is -0.346 e. The Hall–Kier alpha value is 0.380. The van der Waals surface area contributed by atoms with Gasteiger partial charge in [0.05, 0.1) is 5.75 Å². The molecule has 0 aromatic rings. The molecule has 0 atom stereocenters. The van der Waals surface area contributed by atoms with Crippen molar-refractivity contribution < 1.29 is 17.4 Å². The number of hydrogen-bond donors (Lipinski definition) is 1. The van der Waals surface area contributed by atoms with E-state index in [9.17, 15) is 13.2 Å². The minimum atomic E-state index is -3.72. The topological polar surface area (TPSA) is 72.5 Å². The molecule has 0 fully saturated rings. The largest absolute Gasteiger partial charge is 0.346 e. The van der Waals surface area contributed by atoms with Crippen LogP contribution in [0.1, 0.15) is 96.8 Å². The summed E-state index contributed by atoms with van der Waals surface area (Å²) in [6.45, 7) is 2.53. The Morgan fingerprint density at radius 2 is 1.23 bits per heavy atom. The Morgan fingerprint density at radius 3 is 1.65 bits per heavy atom. The van der Waals surface area contributed by atoms with Crippen LogP contribution in [0.25, 0.3) is 0 Å². The van der Waals surface area contributed by atoms with Gasteiger partial charge in [0.2, 0.25) is 0 Å². The van der Waals surface area contributed by atoms with Crippen LogP contribution in [-0.4, -0.2) is 63.3 Å². The molecule has 0 spiro atoms. The van der Waals surface area contributed by atoms with Gasteiger partial charge in [0.1, 0.15) is 0 Å². The molecule has 0 aliphatic rings. The van der Waals surface area contributed by atoms with Gasteiger partial charge in [-0.05, 0) is 13.5 Å². The number of nitrogens with one attached hydrogen (secondary N) is 1. The molecule has 0 bridgehead atoms. The van der Waals surface area contributed by atoms with Crippen LogP contribution in [0.15, 0.2) is 0 Å². The van der Waals surface area contributed by atoms with Gasteiger partial charge in [-0.15, -0.1) is 0 Å². The van der Waals surface area contributed by atoms with Gasteiger partial charge in [-0.3, -0.25) is 4.79 Å². The van der Waals surface area contributed by atoms with Crippen molar-refractivity contribution in [2.24, 2.45) is 0 Å². The van der Waals surface area contributed by atoms with Crippen molar-refractivity contribution in [2.75, 3.05) is 19.3 Å². The van der Waals surface area contributed by atoms with Gasteiger partial charge < -0.3 is 9.50 Å². The smallest absolute Gasteiger partial charge is 0.322 e.